The van der Waals surface area contributed by atoms with Crippen LogP contribution in [0.2, 0.25) is 0 Å². The molecule has 2 aliphatic heterocycles. The van der Waals surface area contributed by atoms with E-state index < -0.39 is 0 Å². The highest BCUT2D eigenvalue weighted by atomic mass is 16.2. The van der Waals surface area contributed by atoms with Crippen molar-refractivity contribution in [3.63, 3.8) is 0 Å². The first kappa shape index (κ1) is 13.7. The van der Waals surface area contributed by atoms with Crippen LogP contribution >= 0.6 is 0 Å². The summed E-state index contributed by atoms with van der Waals surface area (Å²) in [5, 5.41) is 2.36. The number of rotatable bonds is 3. The van der Waals surface area contributed by atoms with Gasteiger partial charge in [0.05, 0.1) is 5.92 Å². The van der Waals surface area contributed by atoms with Gasteiger partial charge in [-0.05, 0) is 24.5 Å². The van der Waals surface area contributed by atoms with Crippen LogP contribution in [0.5, 0.6) is 0 Å². The van der Waals surface area contributed by atoms with Crippen molar-refractivity contribution in [2.24, 2.45) is 5.92 Å². The fraction of sp³-hybridized carbons (Fsp3) is 0.467. The van der Waals surface area contributed by atoms with Crippen molar-refractivity contribution < 1.29 is 14.4 Å². The van der Waals surface area contributed by atoms with Crippen molar-refractivity contribution in [3.8, 4) is 0 Å². The maximum absolute atomic E-state index is 11.8. The Morgan fingerprint density at radius 3 is 2.76 bits per heavy atom. The van der Waals surface area contributed by atoms with E-state index in [1.807, 2.05) is 12.1 Å². The maximum Gasteiger partial charge on any atom is 0.234 e. The predicted molar refractivity (Wildman–Crippen MR) is 75.7 cm³/mol. The second kappa shape index (κ2) is 5.63. The highest BCUT2D eigenvalue weighted by molar-refractivity contribution is 6.00. The normalized spacial score (nSPS) is 25.8. The van der Waals surface area contributed by atoms with Gasteiger partial charge in [-0.25, -0.2) is 4.98 Å². The second-order valence-corrected chi connectivity index (χ2v) is 5.58. The van der Waals surface area contributed by atoms with E-state index in [1.54, 1.807) is 6.20 Å². The topological polar surface area (TPSA) is 79.4 Å². The lowest BCUT2D eigenvalue weighted by Crippen LogP contribution is -2.39. The Morgan fingerprint density at radius 2 is 2.14 bits per heavy atom. The summed E-state index contributed by atoms with van der Waals surface area (Å²) < 4.78 is 0. The summed E-state index contributed by atoms with van der Waals surface area (Å²) in [4.78, 5) is 40.2. The van der Waals surface area contributed by atoms with E-state index in [9.17, 15) is 14.4 Å². The van der Waals surface area contributed by atoms with Crippen LogP contribution in [0.4, 0.5) is 5.82 Å². The minimum Gasteiger partial charge on any atom is -0.356 e. The van der Waals surface area contributed by atoms with Crippen LogP contribution in [-0.4, -0.2) is 36.2 Å². The minimum absolute atomic E-state index is 0.0848. The quantitative estimate of drug-likeness (QED) is 0.651. The molecule has 0 bridgehead atoms. The Morgan fingerprint density at radius 1 is 1.29 bits per heavy atom. The zero-order valence-corrected chi connectivity index (χ0v) is 11.6. The van der Waals surface area contributed by atoms with Gasteiger partial charge in [-0.2, -0.15) is 0 Å². The van der Waals surface area contributed by atoms with Crippen molar-refractivity contribution in [1.82, 2.24) is 10.3 Å². The van der Waals surface area contributed by atoms with Crippen molar-refractivity contribution in [2.45, 2.75) is 25.2 Å². The van der Waals surface area contributed by atoms with E-state index in [2.05, 4.69) is 15.2 Å². The van der Waals surface area contributed by atoms with Crippen LogP contribution in [0.1, 0.15) is 30.7 Å². The lowest BCUT2D eigenvalue weighted by atomic mass is 9.92. The number of nitrogens with zero attached hydrogens (tertiary/aromatic N) is 2. The molecule has 2 fully saturated rings. The van der Waals surface area contributed by atoms with Crippen LogP contribution in [-0.2, 0) is 14.4 Å². The van der Waals surface area contributed by atoms with Crippen LogP contribution in [0.25, 0.3) is 0 Å². The molecule has 0 spiro atoms. The van der Waals surface area contributed by atoms with Gasteiger partial charge in [0.2, 0.25) is 11.8 Å². The molecule has 1 aromatic heterocycles. The molecule has 2 saturated heterocycles. The molecule has 21 heavy (non-hydrogen) atoms. The number of piperidine rings is 1. The summed E-state index contributed by atoms with van der Waals surface area (Å²) in [5.41, 5.74) is 0.829. The fourth-order valence-corrected chi connectivity index (χ4v) is 2.91. The number of imide groups is 1. The van der Waals surface area contributed by atoms with Gasteiger partial charge in [0.15, 0.2) is 0 Å². The number of amides is 2. The third-order valence-corrected chi connectivity index (χ3v) is 4.15. The molecular weight excluding hydrogens is 270 g/mol. The Bertz CT molecular complexity index is 570. The van der Waals surface area contributed by atoms with Gasteiger partial charge in [0.1, 0.15) is 12.1 Å². The number of pyridine rings is 1. The van der Waals surface area contributed by atoms with Gasteiger partial charge >= 0.3 is 0 Å². The Labute approximate surface area is 122 Å². The number of aromatic nitrogens is 1. The molecule has 0 saturated carbocycles. The van der Waals surface area contributed by atoms with Gasteiger partial charge < -0.3 is 9.69 Å². The van der Waals surface area contributed by atoms with Gasteiger partial charge in [0, 0.05) is 31.6 Å². The van der Waals surface area contributed by atoms with Crippen LogP contribution < -0.4 is 10.2 Å². The number of carbonyl (C=O) groups is 3. The molecule has 0 aliphatic carbocycles. The standard InChI is InChI=1S/C15H17N3O3/c19-9-10-5-6-18(8-10)13-3-1-11(7-16-13)12-2-4-14(20)17-15(12)21/h1,3,7,9-10,12H,2,4-6,8H2,(H,17,20,21)/t10-,12-/m1/s1. The highest BCUT2D eigenvalue weighted by Crippen LogP contribution is 2.26. The molecule has 0 aromatic carbocycles. The first-order valence-corrected chi connectivity index (χ1v) is 7.17. The van der Waals surface area contributed by atoms with E-state index >= 15 is 0 Å². The first-order valence-electron chi connectivity index (χ1n) is 7.17. The number of hydrogen-bond donors (Lipinski definition) is 1. The summed E-state index contributed by atoms with van der Waals surface area (Å²) in [7, 11) is 0. The molecule has 6 nitrogen and oxygen atoms in total. The molecule has 110 valence electrons. The van der Waals surface area contributed by atoms with Gasteiger partial charge in [0.25, 0.3) is 0 Å². The van der Waals surface area contributed by atoms with Crippen molar-refractivity contribution in [2.75, 3.05) is 18.0 Å². The lowest BCUT2D eigenvalue weighted by Gasteiger charge is -2.22. The molecule has 3 heterocycles. The summed E-state index contributed by atoms with van der Waals surface area (Å²) >= 11 is 0. The lowest BCUT2D eigenvalue weighted by molar-refractivity contribution is -0.134. The van der Waals surface area contributed by atoms with E-state index in [4.69, 9.17) is 0 Å². The first-order chi connectivity index (χ1) is 10.2. The van der Waals surface area contributed by atoms with Crippen LogP contribution in [0.3, 0.4) is 0 Å². The molecule has 1 N–H and O–H groups in total. The highest BCUT2D eigenvalue weighted by Gasteiger charge is 2.28. The smallest absolute Gasteiger partial charge is 0.234 e. The molecule has 6 heteroatoms. The number of anilines is 1. The number of nitrogens with one attached hydrogen (secondary N) is 1. The van der Waals surface area contributed by atoms with Gasteiger partial charge in [-0.15, -0.1) is 0 Å². The molecule has 2 amide bonds. The molecule has 3 rings (SSSR count). The Balaban J connectivity index is 1.71. The molecular formula is C15H17N3O3. The van der Waals surface area contributed by atoms with Crippen LogP contribution in [0, 0.1) is 5.92 Å². The molecule has 0 radical (unpaired) electrons. The fourth-order valence-electron chi connectivity index (χ4n) is 2.91. The minimum atomic E-state index is -0.300. The molecule has 2 atom stereocenters. The van der Waals surface area contributed by atoms with E-state index in [-0.39, 0.29) is 23.7 Å². The summed E-state index contributed by atoms with van der Waals surface area (Å²) in [6, 6.07) is 3.77. The second-order valence-electron chi connectivity index (χ2n) is 5.58. The van der Waals surface area contributed by atoms with Crippen molar-refractivity contribution >= 4 is 23.9 Å². The zero-order valence-electron chi connectivity index (χ0n) is 11.6. The molecule has 2 aliphatic rings. The number of hydrogen-bond acceptors (Lipinski definition) is 5. The summed E-state index contributed by atoms with van der Waals surface area (Å²) in [5.74, 6) is 0.156. The van der Waals surface area contributed by atoms with Crippen LogP contribution in [0.15, 0.2) is 18.3 Å². The molecule has 1 aromatic rings. The maximum atomic E-state index is 11.8. The number of carbonyl (C=O) groups excluding carboxylic acids is 3. The van der Waals surface area contributed by atoms with E-state index in [0.29, 0.717) is 19.4 Å². The van der Waals surface area contributed by atoms with E-state index in [0.717, 1.165) is 30.6 Å². The Kier molecular flexibility index (Phi) is 3.68. The van der Waals surface area contributed by atoms with Gasteiger partial charge in [-0.1, -0.05) is 6.07 Å². The summed E-state index contributed by atoms with van der Waals surface area (Å²) in [6.07, 6.45) is 4.45. The zero-order chi connectivity index (χ0) is 14.8. The average Bonchev–Trinajstić information content (AvgIpc) is 2.96. The van der Waals surface area contributed by atoms with E-state index in [1.165, 1.54) is 0 Å². The summed E-state index contributed by atoms with van der Waals surface area (Å²) in [6.45, 7) is 1.53. The average molecular weight is 287 g/mol. The third-order valence-electron chi connectivity index (χ3n) is 4.15. The largest absolute Gasteiger partial charge is 0.356 e. The van der Waals surface area contributed by atoms with Crippen molar-refractivity contribution in [1.29, 1.82) is 0 Å². The third kappa shape index (κ3) is 2.79. The predicted octanol–water partition coefficient (Wildman–Crippen LogP) is 0.627. The number of aldehydes is 1. The monoisotopic (exact) mass is 287 g/mol. The Hall–Kier alpha value is -2.24. The van der Waals surface area contributed by atoms with Crippen molar-refractivity contribution in [3.05, 3.63) is 23.9 Å². The molecule has 0 unspecified atom stereocenters. The SMILES string of the molecule is O=C[C@@H]1CCN(c2ccc([C@H]3CCC(=O)NC3=O)cn2)C1. The van der Waals surface area contributed by atoms with Gasteiger partial charge in [-0.3, -0.25) is 14.9 Å².